The first-order chi connectivity index (χ1) is 17.3. The van der Waals surface area contributed by atoms with E-state index < -0.39 is 11.7 Å². The molecule has 3 fully saturated rings. The lowest BCUT2D eigenvalue weighted by atomic mass is 9.71. The lowest BCUT2D eigenvalue weighted by Crippen LogP contribution is -2.47. The third-order valence-electron chi connectivity index (χ3n) is 7.91. The van der Waals surface area contributed by atoms with Gasteiger partial charge < -0.3 is 14.5 Å². The molecule has 0 bridgehead atoms. The first-order valence-corrected chi connectivity index (χ1v) is 12.4. The molecule has 0 radical (unpaired) electrons. The summed E-state index contributed by atoms with van der Waals surface area (Å²) in [6.07, 6.45) is 0.899. The third kappa shape index (κ3) is 5.05. The Balaban J connectivity index is 1.34. The molecular weight excluding hydrogens is 469 g/mol. The first kappa shape index (κ1) is 24.6. The Kier molecular flexibility index (Phi) is 6.64. The number of alkyl halides is 3. The zero-order valence-electron chi connectivity index (χ0n) is 20.0. The number of nitriles is 1. The van der Waals surface area contributed by atoms with Crippen molar-refractivity contribution in [3.63, 3.8) is 0 Å². The van der Waals surface area contributed by atoms with E-state index in [4.69, 9.17) is 10.00 Å². The number of hydrogen-bond acceptors (Lipinski definition) is 5. The van der Waals surface area contributed by atoms with Gasteiger partial charge in [0.2, 0.25) is 0 Å². The van der Waals surface area contributed by atoms with E-state index in [1.165, 1.54) is 18.9 Å². The molecule has 1 amide bonds. The van der Waals surface area contributed by atoms with Gasteiger partial charge in [0.15, 0.2) is 0 Å². The van der Waals surface area contributed by atoms with Crippen LogP contribution in [-0.4, -0.2) is 55.2 Å². The topological polar surface area (TPSA) is 69.5 Å². The predicted octanol–water partition coefficient (Wildman–Crippen LogP) is 4.76. The molecule has 36 heavy (non-hydrogen) atoms. The van der Waals surface area contributed by atoms with Crippen molar-refractivity contribution in [2.45, 2.75) is 31.9 Å². The standard InChI is InChI=1S/C27H29F3N4O2/c28-27(29,30)23-13-22(7-6-20(23)14-31)34-15-21(17-36-16-19-4-5-19)26(18-34)8-11-33(12-9-26)25(35)24-3-1-2-10-32-24/h1-3,6-7,10,13,19,21H,4-5,8-9,11-12,15-18H2. The Morgan fingerprint density at radius 1 is 1.17 bits per heavy atom. The molecule has 1 saturated carbocycles. The molecule has 5 rings (SSSR count). The quantitative estimate of drug-likeness (QED) is 0.575. The highest BCUT2D eigenvalue weighted by Crippen LogP contribution is 2.47. The normalized spacial score (nSPS) is 21.6. The Hall–Kier alpha value is -3.12. The zero-order chi connectivity index (χ0) is 25.3. The van der Waals surface area contributed by atoms with Crippen molar-refractivity contribution >= 4 is 11.6 Å². The highest BCUT2D eigenvalue weighted by Gasteiger charge is 2.49. The second kappa shape index (κ2) is 9.74. The van der Waals surface area contributed by atoms with Crippen molar-refractivity contribution in [3.05, 3.63) is 59.4 Å². The van der Waals surface area contributed by atoms with Gasteiger partial charge in [0.25, 0.3) is 5.91 Å². The molecule has 2 aromatic rings. The van der Waals surface area contributed by atoms with Gasteiger partial charge in [0, 0.05) is 50.6 Å². The summed E-state index contributed by atoms with van der Waals surface area (Å²) in [7, 11) is 0. The maximum atomic E-state index is 13.6. The average Bonchev–Trinajstić information content (AvgIpc) is 3.65. The summed E-state index contributed by atoms with van der Waals surface area (Å²) in [5.41, 5.74) is -0.538. The van der Waals surface area contributed by atoms with Crippen molar-refractivity contribution in [1.82, 2.24) is 9.88 Å². The van der Waals surface area contributed by atoms with E-state index >= 15 is 0 Å². The van der Waals surface area contributed by atoms with E-state index in [1.54, 1.807) is 36.5 Å². The van der Waals surface area contributed by atoms with Gasteiger partial charge in [-0.15, -0.1) is 0 Å². The minimum Gasteiger partial charge on any atom is -0.381 e. The minimum absolute atomic E-state index is 0.0938. The minimum atomic E-state index is -4.59. The van der Waals surface area contributed by atoms with Crippen LogP contribution >= 0.6 is 0 Å². The highest BCUT2D eigenvalue weighted by molar-refractivity contribution is 5.92. The van der Waals surface area contributed by atoms with E-state index in [1.807, 2.05) is 9.80 Å². The largest absolute Gasteiger partial charge is 0.417 e. The third-order valence-corrected chi connectivity index (χ3v) is 7.91. The number of pyridine rings is 1. The van der Waals surface area contributed by atoms with Gasteiger partial charge in [-0.1, -0.05) is 6.07 Å². The Morgan fingerprint density at radius 3 is 2.58 bits per heavy atom. The molecule has 1 aliphatic carbocycles. The maximum absolute atomic E-state index is 13.6. The van der Waals surface area contributed by atoms with E-state index in [2.05, 4.69) is 4.98 Å². The number of carbonyl (C=O) groups excluding carboxylic acids is 1. The molecule has 1 unspecified atom stereocenters. The van der Waals surface area contributed by atoms with E-state index in [0.717, 1.165) is 25.5 Å². The number of rotatable bonds is 6. The van der Waals surface area contributed by atoms with Crippen LogP contribution in [0.3, 0.4) is 0 Å². The summed E-state index contributed by atoms with van der Waals surface area (Å²) in [6.45, 7) is 3.62. The molecule has 6 nitrogen and oxygen atoms in total. The van der Waals surface area contributed by atoms with Crippen LogP contribution in [0.25, 0.3) is 0 Å². The predicted molar refractivity (Wildman–Crippen MR) is 127 cm³/mol. The van der Waals surface area contributed by atoms with Gasteiger partial charge in [-0.05, 0) is 67.3 Å². The summed E-state index contributed by atoms with van der Waals surface area (Å²) >= 11 is 0. The molecule has 3 aliphatic rings. The van der Waals surface area contributed by atoms with Crippen molar-refractivity contribution in [2.24, 2.45) is 17.3 Å². The number of benzene rings is 1. The number of amides is 1. The SMILES string of the molecule is N#Cc1ccc(N2CC(COCC3CC3)C3(CCN(C(=O)c4ccccn4)CC3)C2)cc1C(F)(F)F. The molecule has 1 aromatic carbocycles. The maximum Gasteiger partial charge on any atom is 0.417 e. The van der Waals surface area contributed by atoms with Crippen molar-refractivity contribution < 1.29 is 22.7 Å². The number of nitrogens with zero attached hydrogens (tertiary/aromatic N) is 4. The fourth-order valence-electron chi connectivity index (χ4n) is 5.55. The van der Waals surface area contributed by atoms with Crippen molar-refractivity contribution in [1.29, 1.82) is 5.26 Å². The summed E-state index contributed by atoms with van der Waals surface area (Å²) in [4.78, 5) is 20.9. The molecule has 1 aromatic heterocycles. The van der Waals surface area contributed by atoms with Crippen LogP contribution in [0.1, 0.15) is 47.3 Å². The van der Waals surface area contributed by atoms with Crippen LogP contribution in [-0.2, 0) is 10.9 Å². The smallest absolute Gasteiger partial charge is 0.381 e. The average molecular weight is 499 g/mol. The van der Waals surface area contributed by atoms with Gasteiger partial charge in [0.05, 0.1) is 23.8 Å². The van der Waals surface area contributed by atoms with Gasteiger partial charge in [0.1, 0.15) is 5.69 Å². The lowest BCUT2D eigenvalue weighted by molar-refractivity contribution is -0.137. The number of aromatic nitrogens is 1. The number of likely N-dealkylation sites (tertiary alicyclic amines) is 1. The summed E-state index contributed by atoms with van der Waals surface area (Å²) in [5.74, 6) is 0.682. The zero-order valence-corrected chi connectivity index (χ0v) is 20.0. The monoisotopic (exact) mass is 498 g/mol. The second-order valence-corrected chi connectivity index (χ2v) is 10.3. The summed E-state index contributed by atoms with van der Waals surface area (Å²) in [6, 6.07) is 10.9. The van der Waals surface area contributed by atoms with E-state index in [9.17, 15) is 18.0 Å². The summed E-state index contributed by atoms with van der Waals surface area (Å²) < 4.78 is 46.9. The second-order valence-electron chi connectivity index (χ2n) is 10.3. The lowest BCUT2D eigenvalue weighted by Gasteiger charge is -2.42. The first-order valence-electron chi connectivity index (χ1n) is 12.4. The van der Waals surface area contributed by atoms with Crippen LogP contribution in [0.2, 0.25) is 0 Å². The molecule has 1 atom stereocenters. The number of anilines is 1. The van der Waals surface area contributed by atoms with Crippen LogP contribution < -0.4 is 4.90 Å². The Bertz CT molecular complexity index is 1140. The highest BCUT2D eigenvalue weighted by atomic mass is 19.4. The van der Waals surface area contributed by atoms with E-state index in [0.29, 0.717) is 50.1 Å². The van der Waals surface area contributed by atoms with Gasteiger partial charge in [-0.25, -0.2) is 0 Å². The van der Waals surface area contributed by atoms with Crippen LogP contribution in [0.4, 0.5) is 18.9 Å². The molecular formula is C27H29F3N4O2. The van der Waals surface area contributed by atoms with Crippen LogP contribution in [0.15, 0.2) is 42.6 Å². The van der Waals surface area contributed by atoms with Crippen molar-refractivity contribution in [2.75, 3.05) is 44.3 Å². The summed E-state index contributed by atoms with van der Waals surface area (Å²) in [5, 5.41) is 9.16. The van der Waals surface area contributed by atoms with E-state index in [-0.39, 0.29) is 22.8 Å². The van der Waals surface area contributed by atoms with Crippen LogP contribution in [0.5, 0.6) is 0 Å². The molecule has 3 heterocycles. The van der Waals surface area contributed by atoms with Gasteiger partial charge >= 0.3 is 6.18 Å². The molecule has 0 N–H and O–H groups in total. The number of ether oxygens (including phenoxy) is 1. The number of carbonyl (C=O) groups is 1. The Labute approximate surface area is 208 Å². The van der Waals surface area contributed by atoms with Gasteiger partial charge in [-0.2, -0.15) is 18.4 Å². The van der Waals surface area contributed by atoms with Crippen LogP contribution in [0, 0.1) is 28.6 Å². The molecule has 190 valence electrons. The molecule has 9 heteroatoms. The molecule has 1 spiro atoms. The van der Waals surface area contributed by atoms with Gasteiger partial charge in [-0.3, -0.25) is 9.78 Å². The Morgan fingerprint density at radius 2 is 1.94 bits per heavy atom. The number of hydrogen-bond donors (Lipinski definition) is 0. The molecule has 2 aliphatic heterocycles. The van der Waals surface area contributed by atoms with Crippen molar-refractivity contribution in [3.8, 4) is 6.07 Å². The number of piperidine rings is 1. The fourth-order valence-corrected chi connectivity index (χ4v) is 5.55. The fraction of sp³-hybridized carbons (Fsp3) is 0.519. The number of halogens is 3. The molecule has 2 saturated heterocycles.